The van der Waals surface area contributed by atoms with Gasteiger partial charge in [-0.1, -0.05) is 37.3 Å². The minimum atomic E-state index is -0.720. The Bertz CT molecular complexity index is 590. The molecule has 0 saturated carbocycles. The molecule has 132 valence electrons. The first-order valence-electron chi connectivity index (χ1n) is 8.19. The standard InChI is InChI=1S/C19H29N3O2/c1-7-18(2,3)21-14-13-16(20-6)22-17(23)24-19(4,5)15-11-9-8-10-12-15/h8-14,20H,7H2,1-6H3,(H,22,23). The molecule has 0 bridgehead atoms. The van der Waals surface area contributed by atoms with Gasteiger partial charge in [-0.2, -0.15) is 0 Å². The molecule has 1 aromatic rings. The molecular weight excluding hydrogens is 302 g/mol. The summed E-state index contributed by atoms with van der Waals surface area (Å²) in [5.74, 6) is 0.527. The van der Waals surface area contributed by atoms with E-state index in [0.717, 1.165) is 12.0 Å². The zero-order chi connectivity index (χ0) is 18.2. The molecule has 0 aliphatic heterocycles. The predicted molar refractivity (Wildman–Crippen MR) is 99.1 cm³/mol. The fourth-order valence-electron chi connectivity index (χ4n) is 1.86. The molecule has 0 radical (unpaired) electrons. The Morgan fingerprint density at radius 3 is 2.38 bits per heavy atom. The summed E-state index contributed by atoms with van der Waals surface area (Å²) < 4.78 is 5.55. The van der Waals surface area contributed by atoms with Gasteiger partial charge in [0.25, 0.3) is 0 Å². The minimum Gasteiger partial charge on any atom is -0.438 e. The second-order valence-electron chi connectivity index (χ2n) is 6.67. The Hall–Kier alpha value is -2.30. The highest BCUT2D eigenvalue weighted by molar-refractivity contribution is 5.76. The van der Waals surface area contributed by atoms with Crippen molar-refractivity contribution in [1.82, 2.24) is 10.6 Å². The van der Waals surface area contributed by atoms with Crippen LogP contribution in [0.15, 0.2) is 47.2 Å². The summed E-state index contributed by atoms with van der Waals surface area (Å²) in [6.07, 6.45) is 3.83. The molecule has 0 unspecified atom stereocenters. The quantitative estimate of drug-likeness (QED) is 0.743. The van der Waals surface area contributed by atoms with Crippen molar-refractivity contribution in [2.45, 2.75) is 52.2 Å². The molecule has 1 amide bonds. The minimum absolute atomic E-state index is 0.120. The van der Waals surface area contributed by atoms with Crippen molar-refractivity contribution >= 4 is 12.3 Å². The largest absolute Gasteiger partial charge is 0.438 e. The van der Waals surface area contributed by atoms with Crippen LogP contribution in [0.4, 0.5) is 4.79 Å². The van der Waals surface area contributed by atoms with Gasteiger partial charge in [0.15, 0.2) is 0 Å². The third-order valence-corrected chi connectivity index (χ3v) is 3.85. The molecule has 1 aromatic carbocycles. The zero-order valence-electron chi connectivity index (χ0n) is 15.5. The Labute approximate surface area is 145 Å². The zero-order valence-corrected chi connectivity index (χ0v) is 15.5. The van der Waals surface area contributed by atoms with Crippen molar-refractivity contribution in [3.05, 3.63) is 47.8 Å². The van der Waals surface area contributed by atoms with Gasteiger partial charge in [0, 0.05) is 13.3 Å². The van der Waals surface area contributed by atoms with Crippen molar-refractivity contribution in [2.24, 2.45) is 4.99 Å². The van der Waals surface area contributed by atoms with Crippen LogP contribution in [0.5, 0.6) is 0 Å². The highest BCUT2D eigenvalue weighted by atomic mass is 16.6. The molecule has 2 N–H and O–H groups in total. The number of aliphatic imine (C=N–C) groups is 1. The molecule has 0 saturated heterocycles. The monoisotopic (exact) mass is 331 g/mol. The predicted octanol–water partition coefficient (Wildman–Crippen LogP) is 3.97. The van der Waals surface area contributed by atoms with E-state index in [9.17, 15) is 4.79 Å². The SMILES string of the molecule is CCC(C)(C)N=CC=C(NC)NC(=O)OC(C)(C)c1ccccc1. The summed E-state index contributed by atoms with van der Waals surface area (Å²) in [6, 6.07) is 9.63. The number of ether oxygens (including phenoxy) is 1. The molecule has 1 rings (SSSR count). The first kappa shape index (κ1) is 19.7. The Morgan fingerprint density at radius 2 is 1.83 bits per heavy atom. The lowest BCUT2D eigenvalue weighted by Gasteiger charge is -2.26. The summed E-state index contributed by atoms with van der Waals surface area (Å²) in [5, 5.41) is 5.62. The van der Waals surface area contributed by atoms with Crippen LogP contribution in [0.1, 0.15) is 46.6 Å². The number of alkyl carbamates (subject to hydrolysis) is 1. The van der Waals surface area contributed by atoms with Crippen LogP contribution < -0.4 is 10.6 Å². The second kappa shape index (κ2) is 8.52. The number of carbonyl (C=O) groups excluding carboxylic acids is 1. The fraction of sp³-hybridized carbons (Fsp3) is 0.474. The van der Waals surface area contributed by atoms with Crippen LogP contribution in [0, 0.1) is 0 Å². The van der Waals surface area contributed by atoms with Crippen LogP contribution in [0.2, 0.25) is 0 Å². The summed E-state index contributed by atoms with van der Waals surface area (Å²) >= 11 is 0. The molecule has 0 aliphatic rings. The highest BCUT2D eigenvalue weighted by Crippen LogP contribution is 2.24. The van der Waals surface area contributed by atoms with Crippen LogP contribution in [-0.4, -0.2) is 24.9 Å². The van der Waals surface area contributed by atoms with Gasteiger partial charge in [0.2, 0.25) is 0 Å². The number of benzene rings is 1. The van der Waals surface area contributed by atoms with E-state index >= 15 is 0 Å². The molecule has 0 atom stereocenters. The second-order valence-corrected chi connectivity index (χ2v) is 6.67. The maximum absolute atomic E-state index is 12.2. The lowest BCUT2D eigenvalue weighted by Crippen LogP contribution is -2.35. The first-order chi connectivity index (χ1) is 11.2. The van der Waals surface area contributed by atoms with Crippen molar-refractivity contribution < 1.29 is 9.53 Å². The Kier molecular flexibility index (Phi) is 7.01. The summed E-state index contributed by atoms with van der Waals surface area (Å²) in [4.78, 5) is 16.6. The van der Waals surface area contributed by atoms with E-state index < -0.39 is 11.7 Å². The van der Waals surface area contributed by atoms with E-state index in [1.165, 1.54) is 0 Å². The van der Waals surface area contributed by atoms with Gasteiger partial charge in [-0.15, -0.1) is 0 Å². The number of rotatable bonds is 7. The van der Waals surface area contributed by atoms with Crippen molar-refractivity contribution in [2.75, 3.05) is 7.05 Å². The molecular formula is C19H29N3O2. The van der Waals surface area contributed by atoms with Crippen LogP contribution in [-0.2, 0) is 10.3 Å². The van der Waals surface area contributed by atoms with Crippen molar-refractivity contribution in [1.29, 1.82) is 0 Å². The van der Waals surface area contributed by atoms with Crippen LogP contribution >= 0.6 is 0 Å². The van der Waals surface area contributed by atoms with Gasteiger partial charge < -0.3 is 10.1 Å². The molecule has 0 aromatic heterocycles. The summed E-state index contributed by atoms with van der Waals surface area (Å²) in [5.41, 5.74) is 0.0922. The maximum atomic E-state index is 12.2. The molecule has 5 nitrogen and oxygen atoms in total. The molecule has 5 heteroatoms. The number of carbonyl (C=O) groups is 1. The van der Waals surface area contributed by atoms with E-state index in [1.807, 2.05) is 44.2 Å². The molecule has 0 fully saturated rings. The number of nitrogens with one attached hydrogen (secondary N) is 2. The van der Waals surface area contributed by atoms with Crippen molar-refractivity contribution in [3.63, 3.8) is 0 Å². The third-order valence-electron chi connectivity index (χ3n) is 3.85. The van der Waals surface area contributed by atoms with E-state index in [-0.39, 0.29) is 5.54 Å². The van der Waals surface area contributed by atoms with E-state index in [4.69, 9.17) is 4.74 Å². The van der Waals surface area contributed by atoms with Gasteiger partial charge in [0.05, 0.1) is 5.54 Å². The van der Waals surface area contributed by atoms with Gasteiger partial charge in [0.1, 0.15) is 11.4 Å². The third kappa shape index (κ3) is 6.44. The number of amides is 1. The molecule has 0 spiro atoms. The molecule has 24 heavy (non-hydrogen) atoms. The van der Waals surface area contributed by atoms with Gasteiger partial charge >= 0.3 is 6.09 Å². The lowest BCUT2D eigenvalue weighted by atomic mass is 9.98. The highest BCUT2D eigenvalue weighted by Gasteiger charge is 2.25. The normalized spacial score (nSPS) is 13.0. The lowest BCUT2D eigenvalue weighted by molar-refractivity contribution is 0.0379. The number of nitrogens with zero attached hydrogens (tertiary/aromatic N) is 1. The number of allylic oxidation sites excluding steroid dienone is 1. The average Bonchev–Trinajstić information content (AvgIpc) is 2.54. The maximum Gasteiger partial charge on any atom is 0.413 e. The Morgan fingerprint density at radius 1 is 1.21 bits per heavy atom. The van der Waals surface area contributed by atoms with Gasteiger partial charge in [-0.3, -0.25) is 10.3 Å². The van der Waals surface area contributed by atoms with E-state index in [2.05, 4.69) is 36.4 Å². The van der Waals surface area contributed by atoms with Crippen LogP contribution in [0.25, 0.3) is 0 Å². The smallest absolute Gasteiger partial charge is 0.413 e. The number of hydrogen-bond acceptors (Lipinski definition) is 4. The van der Waals surface area contributed by atoms with E-state index in [0.29, 0.717) is 5.82 Å². The molecule has 0 aliphatic carbocycles. The topological polar surface area (TPSA) is 62.7 Å². The van der Waals surface area contributed by atoms with Gasteiger partial charge in [-0.25, -0.2) is 4.79 Å². The van der Waals surface area contributed by atoms with Gasteiger partial charge in [-0.05, 0) is 45.8 Å². The number of hydrogen-bond donors (Lipinski definition) is 2. The molecule has 0 heterocycles. The summed E-state index contributed by atoms with van der Waals surface area (Å²) in [7, 11) is 1.73. The fourth-order valence-corrected chi connectivity index (χ4v) is 1.86. The Balaban J connectivity index is 2.71. The van der Waals surface area contributed by atoms with E-state index in [1.54, 1.807) is 19.3 Å². The van der Waals surface area contributed by atoms with Crippen LogP contribution in [0.3, 0.4) is 0 Å². The van der Waals surface area contributed by atoms with Crippen molar-refractivity contribution in [3.8, 4) is 0 Å². The summed E-state index contributed by atoms with van der Waals surface area (Å²) in [6.45, 7) is 9.91. The first-order valence-corrected chi connectivity index (χ1v) is 8.19. The average molecular weight is 331 g/mol.